The van der Waals surface area contributed by atoms with Crippen LogP contribution in [0, 0.1) is 5.92 Å². The highest BCUT2D eigenvalue weighted by Crippen LogP contribution is 2.31. The van der Waals surface area contributed by atoms with Crippen LogP contribution in [0.4, 0.5) is 5.82 Å². The van der Waals surface area contributed by atoms with E-state index in [-0.39, 0.29) is 12.5 Å². The second kappa shape index (κ2) is 8.42. The number of aliphatic hydroxyl groups excluding tert-OH is 5. The first-order chi connectivity index (χ1) is 13.0. The predicted molar refractivity (Wildman–Crippen MR) is 93.7 cm³/mol. The first-order valence-corrected chi connectivity index (χ1v) is 8.80. The average molecular weight is 383 g/mol. The standard InChI is InChI=1S/C16H25N5O6/c1-8(4-22)2-3-17-14-10-15(19-6-18-14)21(7-20-10)16-13(26)12(25)11(24)9(5-23)27-16/h6-9,11-13,16,22-26H,2-5H2,1H3,(H,17,18,19)/t8?,9-,11-,12+,13+,16-/m1/s1. The zero-order valence-corrected chi connectivity index (χ0v) is 14.9. The second-order valence-corrected chi connectivity index (χ2v) is 6.77. The van der Waals surface area contributed by atoms with Gasteiger partial charge >= 0.3 is 0 Å². The number of aromatic nitrogens is 4. The molecule has 0 saturated carbocycles. The summed E-state index contributed by atoms with van der Waals surface area (Å²) in [6.45, 7) is 2.11. The van der Waals surface area contributed by atoms with Gasteiger partial charge in [0.05, 0.1) is 12.9 Å². The van der Waals surface area contributed by atoms with Crippen molar-refractivity contribution in [2.45, 2.75) is 44.0 Å². The van der Waals surface area contributed by atoms with Crippen molar-refractivity contribution < 1.29 is 30.3 Å². The van der Waals surface area contributed by atoms with E-state index in [9.17, 15) is 20.4 Å². The van der Waals surface area contributed by atoms with Crippen molar-refractivity contribution in [3.8, 4) is 0 Å². The van der Waals surface area contributed by atoms with Crippen LogP contribution in [0.1, 0.15) is 19.6 Å². The Kier molecular flexibility index (Phi) is 6.19. The molecule has 2 aromatic rings. The number of ether oxygens (including phenoxy) is 1. The van der Waals surface area contributed by atoms with Crippen molar-refractivity contribution in [1.29, 1.82) is 0 Å². The number of hydrogen-bond donors (Lipinski definition) is 6. The molecule has 11 nitrogen and oxygen atoms in total. The lowest BCUT2D eigenvalue weighted by atomic mass is 9.98. The van der Waals surface area contributed by atoms with Gasteiger partial charge in [-0.15, -0.1) is 0 Å². The molecule has 1 fully saturated rings. The third-order valence-corrected chi connectivity index (χ3v) is 4.74. The second-order valence-electron chi connectivity index (χ2n) is 6.77. The number of anilines is 1. The van der Waals surface area contributed by atoms with Gasteiger partial charge in [0, 0.05) is 13.2 Å². The van der Waals surface area contributed by atoms with Gasteiger partial charge in [-0.05, 0) is 12.3 Å². The minimum atomic E-state index is -1.49. The van der Waals surface area contributed by atoms with E-state index in [4.69, 9.17) is 9.84 Å². The van der Waals surface area contributed by atoms with Gasteiger partial charge in [-0.25, -0.2) is 15.0 Å². The summed E-state index contributed by atoms with van der Waals surface area (Å²) >= 11 is 0. The zero-order chi connectivity index (χ0) is 19.6. The van der Waals surface area contributed by atoms with E-state index in [2.05, 4.69) is 20.3 Å². The molecule has 1 aliphatic rings. The first kappa shape index (κ1) is 19.9. The number of rotatable bonds is 7. The van der Waals surface area contributed by atoms with E-state index >= 15 is 0 Å². The Bertz CT molecular complexity index is 756. The third-order valence-electron chi connectivity index (χ3n) is 4.74. The fraction of sp³-hybridized carbons (Fsp3) is 0.688. The largest absolute Gasteiger partial charge is 0.396 e. The Labute approximate surface area is 155 Å². The van der Waals surface area contributed by atoms with Crippen molar-refractivity contribution >= 4 is 17.0 Å². The topological polar surface area (TPSA) is 166 Å². The van der Waals surface area contributed by atoms with Gasteiger partial charge in [0.2, 0.25) is 0 Å². The maximum atomic E-state index is 10.3. The van der Waals surface area contributed by atoms with Gasteiger partial charge in [0.25, 0.3) is 0 Å². The molecule has 0 spiro atoms. The summed E-state index contributed by atoms with van der Waals surface area (Å²) in [4.78, 5) is 12.6. The van der Waals surface area contributed by atoms with Crippen molar-refractivity contribution in [3.63, 3.8) is 0 Å². The number of fused-ring (bicyclic) bond motifs is 1. The van der Waals surface area contributed by atoms with Crippen LogP contribution in [0.2, 0.25) is 0 Å². The van der Waals surface area contributed by atoms with E-state index in [1.165, 1.54) is 17.2 Å². The van der Waals surface area contributed by atoms with Crippen molar-refractivity contribution in [3.05, 3.63) is 12.7 Å². The maximum Gasteiger partial charge on any atom is 0.167 e. The van der Waals surface area contributed by atoms with Gasteiger partial charge in [-0.3, -0.25) is 4.57 Å². The molecular formula is C16H25N5O6. The van der Waals surface area contributed by atoms with Crippen LogP contribution in [0.25, 0.3) is 11.2 Å². The third kappa shape index (κ3) is 3.88. The molecule has 1 unspecified atom stereocenters. The normalized spacial score (nSPS) is 29.8. The van der Waals surface area contributed by atoms with Gasteiger partial charge < -0.3 is 35.6 Å². The molecule has 1 aliphatic heterocycles. The van der Waals surface area contributed by atoms with E-state index in [0.717, 1.165) is 6.42 Å². The minimum absolute atomic E-state index is 0.104. The molecule has 0 radical (unpaired) electrons. The molecule has 27 heavy (non-hydrogen) atoms. The Hall–Kier alpha value is -1.89. The molecule has 6 N–H and O–H groups in total. The smallest absolute Gasteiger partial charge is 0.167 e. The predicted octanol–water partition coefficient (Wildman–Crippen LogP) is -1.77. The molecule has 1 saturated heterocycles. The zero-order valence-electron chi connectivity index (χ0n) is 14.9. The molecule has 3 rings (SSSR count). The molecular weight excluding hydrogens is 358 g/mol. The van der Waals surface area contributed by atoms with Gasteiger partial charge in [-0.2, -0.15) is 0 Å². The number of nitrogens with zero attached hydrogens (tertiary/aromatic N) is 4. The minimum Gasteiger partial charge on any atom is -0.396 e. The highest BCUT2D eigenvalue weighted by atomic mass is 16.6. The molecule has 0 bridgehead atoms. The number of aliphatic hydroxyl groups is 5. The Morgan fingerprint density at radius 1 is 1.15 bits per heavy atom. The molecule has 0 aliphatic carbocycles. The molecule has 0 amide bonds. The van der Waals surface area contributed by atoms with Crippen LogP contribution in [-0.4, -0.2) is 89.2 Å². The van der Waals surface area contributed by atoms with E-state index in [0.29, 0.717) is 23.5 Å². The molecule has 3 heterocycles. The Morgan fingerprint density at radius 2 is 1.93 bits per heavy atom. The van der Waals surface area contributed by atoms with E-state index < -0.39 is 37.3 Å². The van der Waals surface area contributed by atoms with E-state index in [1.54, 1.807) is 0 Å². The van der Waals surface area contributed by atoms with Crippen LogP contribution >= 0.6 is 0 Å². The van der Waals surface area contributed by atoms with E-state index in [1.807, 2.05) is 6.92 Å². The number of hydrogen-bond acceptors (Lipinski definition) is 10. The Morgan fingerprint density at radius 3 is 2.63 bits per heavy atom. The van der Waals surface area contributed by atoms with Crippen LogP contribution in [0.3, 0.4) is 0 Å². The lowest BCUT2D eigenvalue weighted by molar-refractivity contribution is -0.250. The highest BCUT2D eigenvalue weighted by molar-refractivity contribution is 5.82. The first-order valence-electron chi connectivity index (χ1n) is 8.80. The lowest BCUT2D eigenvalue weighted by Crippen LogP contribution is -2.56. The summed E-state index contributed by atoms with van der Waals surface area (Å²) in [5.41, 5.74) is 0.818. The van der Waals surface area contributed by atoms with Crippen LogP contribution in [-0.2, 0) is 4.74 Å². The van der Waals surface area contributed by atoms with Crippen molar-refractivity contribution in [2.75, 3.05) is 25.1 Å². The lowest BCUT2D eigenvalue weighted by Gasteiger charge is -2.40. The van der Waals surface area contributed by atoms with Crippen LogP contribution < -0.4 is 5.32 Å². The summed E-state index contributed by atoms with van der Waals surface area (Å²) in [5.74, 6) is 0.648. The van der Waals surface area contributed by atoms with Crippen LogP contribution in [0.5, 0.6) is 0 Å². The SMILES string of the molecule is CC(CO)CCNc1ncnc2c1ncn2[C@@H]1O[C@H](CO)[C@@H](O)[C@H](O)[C@@H]1O. The van der Waals surface area contributed by atoms with Gasteiger partial charge in [0.1, 0.15) is 30.7 Å². The quantitative estimate of drug-likeness (QED) is 0.322. The maximum absolute atomic E-state index is 10.3. The molecule has 150 valence electrons. The summed E-state index contributed by atoms with van der Waals surface area (Å²) in [5, 5.41) is 51.8. The van der Waals surface area contributed by atoms with Crippen molar-refractivity contribution in [1.82, 2.24) is 19.5 Å². The summed E-state index contributed by atoms with van der Waals surface area (Å²) < 4.78 is 6.99. The van der Waals surface area contributed by atoms with Crippen LogP contribution in [0.15, 0.2) is 12.7 Å². The molecule has 6 atom stereocenters. The molecule has 2 aromatic heterocycles. The number of nitrogens with one attached hydrogen (secondary N) is 1. The molecule has 11 heteroatoms. The summed E-state index contributed by atoms with van der Waals surface area (Å²) in [6, 6.07) is 0. The Balaban J connectivity index is 1.85. The summed E-state index contributed by atoms with van der Waals surface area (Å²) in [6.07, 6.45) is -2.98. The van der Waals surface area contributed by atoms with Crippen molar-refractivity contribution in [2.24, 2.45) is 5.92 Å². The van der Waals surface area contributed by atoms with Gasteiger partial charge in [-0.1, -0.05) is 6.92 Å². The monoisotopic (exact) mass is 383 g/mol. The molecule has 0 aromatic carbocycles. The average Bonchev–Trinajstić information content (AvgIpc) is 3.11. The fourth-order valence-corrected chi connectivity index (χ4v) is 3.01. The van der Waals surface area contributed by atoms with Gasteiger partial charge in [0.15, 0.2) is 23.2 Å². The summed E-state index contributed by atoms with van der Waals surface area (Å²) in [7, 11) is 0. The number of imidazole rings is 1. The highest BCUT2D eigenvalue weighted by Gasteiger charge is 2.44. The fourth-order valence-electron chi connectivity index (χ4n) is 3.01.